The third kappa shape index (κ3) is 5.78. The van der Waals surface area contributed by atoms with Gasteiger partial charge in [-0.2, -0.15) is 0 Å². The van der Waals surface area contributed by atoms with Gasteiger partial charge >= 0.3 is 0 Å². The van der Waals surface area contributed by atoms with Crippen molar-refractivity contribution in [3.63, 3.8) is 0 Å². The number of hydrogen-bond donors (Lipinski definition) is 3. The average Bonchev–Trinajstić information content (AvgIpc) is 2.74. The first kappa shape index (κ1) is 21.3. The summed E-state index contributed by atoms with van der Waals surface area (Å²) in [5.41, 5.74) is 1.38. The minimum absolute atomic E-state index is 0.0153. The molecule has 2 aromatic carbocycles. The van der Waals surface area contributed by atoms with E-state index in [2.05, 4.69) is 47.8 Å². The normalized spacial score (nSPS) is 16.0. The van der Waals surface area contributed by atoms with Gasteiger partial charge in [-0.1, -0.05) is 42.5 Å². The zero-order valence-electron chi connectivity index (χ0n) is 17.7. The number of benzene rings is 2. The van der Waals surface area contributed by atoms with Crippen LogP contribution in [-0.2, 0) is 16.1 Å². The molecule has 3 rings (SSSR count). The average molecular weight is 399 g/mol. The molecule has 29 heavy (non-hydrogen) atoms. The van der Waals surface area contributed by atoms with E-state index in [1.807, 2.05) is 18.7 Å². The van der Waals surface area contributed by atoms with Crippen molar-refractivity contribution in [1.82, 2.24) is 10.2 Å². The lowest BCUT2D eigenvalue weighted by molar-refractivity contribution is -0.917. The smallest absolute Gasteiger partial charge is 0.278 e. The molecule has 156 valence electrons. The van der Waals surface area contributed by atoms with Crippen LogP contribution in [0.25, 0.3) is 10.8 Å². The Hall–Kier alpha value is -2.44. The van der Waals surface area contributed by atoms with Crippen molar-refractivity contribution in [1.29, 1.82) is 0 Å². The number of hydrogen-bond acceptors (Lipinski definition) is 2. The van der Waals surface area contributed by atoms with Crippen LogP contribution in [0.3, 0.4) is 0 Å². The Balaban J connectivity index is 1.50. The van der Waals surface area contributed by atoms with Crippen molar-refractivity contribution < 1.29 is 19.4 Å². The summed E-state index contributed by atoms with van der Waals surface area (Å²) in [6, 6.07) is 15.0. The second-order valence-corrected chi connectivity index (χ2v) is 7.86. The van der Waals surface area contributed by atoms with E-state index in [0.717, 1.165) is 44.2 Å². The molecule has 3 N–H and O–H groups in total. The van der Waals surface area contributed by atoms with Gasteiger partial charge in [0.25, 0.3) is 11.8 Å². The Morgan fingerprint density at radius 3 is 2.48 bits per heavy atom. The first-order valence-electron chi connectivity index (χ1n) is 10.8. The number of likely N-dealkylation sites (N-methyl/N-ethyl adjacent to an activating group) is 2. The van der Waals surface area contributed by atoms with Gasteiger partial charge in [-0.15, -0.1) is 0 Å². The van der Waals surface area contributed by atoms with Crippen LogP contribution in [0.1, 0.15) is 19.4 Å². The second kappa shape index (κ2) is 10.4. The lowest BCUT2D eigenvalue weighted by Gasteiger charge is -2.33. The number of piperazine rings is 1. The molecule has 2 amide bonds. The zero-order valence-corrected chi connectivity index (χ0v) is 17.7. The first-order valence-corrected chi connectivity index (χ1v) is 10.8. The van der Waals surface area contributed by atoms with E-state index in [-0.39, 0.29) is 11.8 Å². The van der Waals surface area contributed by atoms with Crippen molar-refractivity contribution in [3.8, 4) is 0 Å². The van der Waals surface area contributed by atoms with Crippen LogP contribution >= 0.6 is 0 Å². The summed E-state index contributed by atoms with van der Waals surface area (Å²) in [7, 11) is 0. The Kier molecular flexibility index (Phi) is 7.61. The van der Waals surface area contributed by atoms with E-state index >= 15 is 0 Å². The largest absolute Gasteiger partial charge is 0.351 e. The molecule has 1 saturated heterocycles. The molecule has 2 aromatic rings. The molecule has 1 unspecified atom stereocenters. The van der Waals surface area contributed by atoms with Crippen LogP contribution in [0.4, 0.5) is 0 Å². The second-order valence-electron chi connectivity index (χ2n) is 7.86. The third-order valence-electron chi connectivity index (χ3n) is 5.83. The minimum atomic E-state index is 0.0153. The van der Waals surface area contributed by atoms with E-state index < -0.39 is 0 Å². The third-order valence-corrected chi connectivity index (χ3v) is 5.83. The fourth-order valence-corrected chi connectivity index (χ4v) is 4.09. The van der Waals surface area contributed by atoms with Crippen LogP contribution in [0.15, 0.2) is 42.5 Å². The van der Waals surface area contributed by atoms with Gasteiger partial charge in [-0.3, -0.25) is 9.59 Å². The molecule has 0 aliphatic carbocycles. The number of nitrogens with one attached hydrogen (secondary N) is 3. The molecule has 6 nitrogen and oxygen atoms in total. The molecule has 1 aliphatic rings. The van der Waals surface area contributed by atoms with Crippen molar-refractivity contribution in [2.75, 3.05) is 52.4 Å². The van der Waals surface area contributed by atoms with Crippen LogP contribution in [-0.4, -0.2) is 69.1 Å². The number of quaternary nitrogens is 2. The summed E-state index contributed by atoms with van der Waals surface area (Å²) in [6.45, 7) is 10.6. The predicted octanol–water partition coefficient (Wildman–Crippen LogP) is -0.892. The number of fused-ring (bicyclic) bond motifs is 1. The monoisotopic (exact) mass is 398 g/mol. The van der Waals surface area contributed by atoms with Gasteiger partial charge in [0, 0.05) is 12.1 Å². The van der Waals surface area contributed by atoms with E-state index in [1.165, 1.54) is 21.2 Å². The van der Waals surface area contributed by atoms with Gasteiger partial charge in [0.15, 0.2) is 13.1 Å². The summed E-state index contributed by atoms with van der Waals surface area (Å²) in [6.07, 6.45) is 0. The van der Waals surface area contributed by atoms with Gasteiger partial charge in [0.2, 0.25) is 0 Å². The molecule has 1 heterocycles. The van der Waals surface area contributed by atoms with Crippen LogP contribution in [0.5, 0.6) is 0 Å². The van der Waals surface area contributed by atoms with E-state index in [4.69, 9.17) is 0 Å². The van der Waals surface area contributed by atoms with Gasteiger partial charge < -0.3 is 20.0 Å². The molecule has 1 aliphatic heterocycles. The van der Waals surface area contributed by atoms with Crippen LogP contribution in [0.2, 0.25) is 0 Å². The van der Waals surface area contributed by atoms with Crippen LogP contribution in [0, 0.1) is 0 Å². The molecule has 1 atom stereocenters. The van der Waals surface area contributed by atoms with Gasteiger partial charge in [-0.25, -0.2) is 0 Å². The maximum absolute atomic E-state index is 12.7. The standard InChI is InChI=1S/C23H32N4O2/c1-3-24-22(28)17-25(4-2)18-23(29)27-14-12-26(13-15-27)16-20-10-7-9-19-8-5-6-11-21(19)20/h5-11H,3-4,12-18H2,1-2H3,(H,24,28)/p+2. The molecule has 0 aromatic heterocycles. The molecule has 1 fully saturated rings. The summed E-state index contributed by atoms with van der Waals surface area (Å²) < 4.78 is 0. The van der Waals surface area contributed by atoms with E-state index in [0.29, 0.717) is 19.6 Å². The fraction of sp³-hybridized carbons (Fsp3) is 0.478. The lowest BCUT2D eigenvalue weighted by Crippen LogP contribution is -3.15. The van der Waals surface area contributed by atoms with Gasteiger partial charge in [-0.05, 0) is 24.6 Å². The van der Waals surface area contributed by atoms with Crippen molar-refractivity contribution >= 4 is 22.6 Å². The molecule has 6 heteroatoms. The lowest BCUT2D eigenvalue weighted by atomic mass is 10.0. The van der Waals surface area contributed by atoms with Crippen molar-refractivity contribution in [3.05, 3.63) is 48.0 Å². The molecule has 0 saturated carbocycles. The van der Waals surface area contributed by atoms with Crippen molar-refractivity contribution in [2.24, 2.45) is 0 Å². The summed E-state index contributed by atoms with van der Waals surface area (Å²) in [5.74, 6) is 0.178. The van der Waals surface area contributed by atoms with Crippen LogP contribution < -0.4 is 15.1 Å². The Morgan fingerprint density at radius 2 is 1.76 bits per heavy atom. The number of carbonyl (C=O) groups is 2. The molecule has 0 spiro atoms. The summed E-state index contributed by atoms with van der Waals surface area (Å²) >= 11 is 0. The summed E-state index contributed by atoms with van der Waals surface area (Å²) in [5, 5.41) is 5.43. The topological polar surface area (TPSA) is 58.3 Å². The Labute approximate surface area is 173 Å². The molecule has 0 radical (unpaired) electrons. The highest BCUT2D eigenvalue weighted by Gasteiger charge is 2.27. The maximum Gasteiger partial charge on any atom is 0.278 e. The number of rotatable bonds is 8. The fourth-order valence-electron chi connectivity index (χ4n) is 4.09. The highest BCUT2D eigenvalue weighted by atomic mass is 16.2. The molecular weight excluding hydrogens is 364 g/mol. The quantitative estimate of drug-likeness (QED) is 0.540. The number of carbonyl (C=O) groups excluding carboxylic acids is 2. The maximum atomic E-state index is 12.7. The van der Waals surface area contributed by atoms with Gasteiger partial charge in [0.1, 0.15) is 6.54 Å². The van der Waals surface area contributed by atoms with E-state index in [9.17, 15) is 9.59 Å². The number of nitrogens with zero attached hydrogens (tertiary/aromatic N) is 1. The van der Waals surface area contributed by atoms with E-state index in [1.54, 1.807) is 0 Å². The molecule has 0 bridgehead atoms. The predicted molar refractivity (Wildman–Crippen MR) is 115 cm³/mol. The highest BCUT2D eigenvalue weighted by Crippen LogP contribution is 2.17. The SMILES string of the molecule is CCNC(=O)C[NH+](CC)CC(=O)N1CC[NH+](Cc2cccc3ccccc23)CC1. The van der Waals surface area contributed by atoms with Crippen molar-refractivity contribution in [2.45, 2.75) is 20.4 Å². The highest BCUT2D eigenvalue weighted by molar-refractivity contribution is 5.85. The number of amides is 2. The first-order chi connectivity index (χ1) is 14.1. The zero-order chi connectivity index (χ0) is 20.6. The van der Waals surface area contributed by atoms with Gasteiger partial charge in [0.05, 0.1) is 32.7 Å². The molecular formula is C23H34N4O2+2. The summed E-state index contributed by atoms with van der Waals surface area (Å²) in [4.78, 5) is 29.0. The minimum Gasteiger partial charge on any atom is -0.351 e. The Morgan fingerprint density at radius 1 is 1.03 bits per heavy atom. The Bertz CT molecular complexity index is 825.